The molecular weight excluding hydrogens is 844 g/mol. The van der Waals surface area contributed by atoms with Crippen molar-refractivity contribution in [3.05, 3.63) is 85.1 Å². The number of amides is 1. The number of likely N-dealkylation sites (N-methyl/N-ethyl adjacent to an activating group) is 1. The van der Waals surface area contributed by atoms with Gasteiger partial charge >= 0.3 is 5.97 Å². The monoisotopic (exact) mass is 943 g/mol. The number of nitrogens with zero attached hydrogens (tertiary/aromatic N) is 1. The van der Waals surface area contributed by atoms with Crippen LogP contribution in [0.2, 0.25) is 0 Å². The lowest BCUT2D eigenvalue weighted by Crippen LogP contribution is -2.47. The molecule has 0 saturated carbocycles. The Morgan fingerprint density at radius 2 is 0.985 bits per heavy atom. The summed E-state index contributed by atoms with van der Waals surface area (Å²) < 4.78 is 30.0. The van der Waals surface area contributed by atoms with Crippen LogP contribution in [0.3, 0.4) is 0 Å². The molecule has 0 aromatic heterocycles. The summed E-state index contributed by atoms with van der Waals surface area (Å²) in [5.74, 6) is -0.664. The number of esters is 1. The molecule has 380 valence electrons. The molecule has 0 aliphatic rings. The largest absolute Gasteiger partial charge is 0.756 e. The maximum Gasteiger partial charge on any atom is 0.306 e. The van der Waals surface area contributed by atoms with Crippen LogP contribution in [0.5, 0.6) is 0 Å². The maximum absolute atomic E-state index is 13.4. The lowest BCUT2D eigenvalue weighted by atomic mass is 10.1. The number of rotatable bonds is 46. The summed E-state index contributed by atoms with van der Waals surface area (Å²) in [6, 6.07) is -0.935. The second kappa shape index (κ2) is 45.9. The molecule has 0 bridgehead atoms. The van der Waals surface area contributed by atoms with Crippen LogP contribution < -0.4 is 10.2 Å². The summed E-state index contributed by atoms with van der Waals surface area (Å²) in [7, 11) is 1.12. The van der Waals surface area contributed by atoms with Gasteiger partial charge in [-0.15, -0.1) is 0 Å². The molecule has 1 amide bonds. The summed E-state index contributed by atoms with van der Waals surface area (Å²) in [6.45, 7) is 6.61. The van der Waals surface area contributed by atoms with Crippen molar-refractivity contribution in [3.8, 4) is 0 Å². The SMILES string of the molecule is CC/C=C/C/C=C/C/C=C/C/C=C/C/C=C/CCC(=O)NC(COP(=O)([O-])OCC[N+](C)(C)C)C(/C=C/CCCCCCCCCCC)OC(=O)CCCCC/C=C\CCCCCCCC. The number of quaternary nitrogens is 1. The van der Waals surface area contributed by atoms with Gasteiger partial charge in [0.1, 0.15) is 19.3 Å². The van der Waals surface area contributed by atoms with Crippen molar-refractivity contribution in [1.82, 2.24) is 5.32 Å². The maximum atomic E-state index is 13.4. The standard InChI is InChI=1S/C56H99N2O7P/c1-7-10-13-16-19-22-25-27-28-29-31-33-36-39-42-45-48-55(59)57-53(52-64-66(61,62)63-51-50-58(4,5)6)54(47-44-41-38-35-32-24-21-18-15-12-9-3)65-56(60)49-46-43-40-37-34-30-26-23-20-17-14-11-8-2/h10,13,19,22,27-28,30-31,33-34,39,42,44,47,53-54H,7-9,11-12,14-18,20-21,23-26,29,32,35-38,40-41,43,45-46,48-52H2,1-6H3,(H-,57,59,61,62)/b13-10+,22-19+,28-27+,33-31+,34-30-,42-39+,47-44+. The molecule has 66 heavy (non-hydrogen) atoms. The Kier molecular flexibility index (Phi) is 44.0. The van der Waals surface area contributed by atoms with Gasteiger partial charge in [0.15, 0.2) is 0 Å². The number of ether oxygens (including phenoxy) is 1. The number of carbonyl (C=O) groups is 2. The van der Waals surface area contributed by atoms with Gasteiger partial charge in [-0.3, -0.25) is 14.2 Å². The van der Waals surface area contributed by atoms with E-state index in [4.69, 9.17) is 13.8 Å². The minimum absolute atomic E-state index is 0.0411. The molecule has 0 aromatic rings. The van der Waals surface area contributed by atoms with Gasteiger partial charge in [0.25, 0.3) is 7.82 Å². The van der Waals surface area contributed by atoms with Crippen molar-refractivity contribution in [2.24, 2.45) is 0 Å². The van der Waals surface area contributed by atoms with Crippen LogP contribution in [0.15, 0.2) is 85.1 Å². The summed E-state index contributed by atoms with van der Waals surface area (Å²) in [4.78, 5) is 39.6. The third kappa shape index (κ3) is 46.3. The average Bonchev–Trinajstić information content (AvgIpc) is 3.27. The topological polar surface area (TPSA) is 114 Å². The van der Waals surface area contributed by atoms with Gasteiger partial charge < -0.3 is 28.5 Å². The zero-order valence-corrected chi connectivity index (χ0v) is 44.0. The number of unbranched alkanes of at least 4 members (excludes halogenated alkanes) is 18. The van der Waals surface area contributed by atoms with E-state index >= 15 is 0 Å². The van der Waals surface area contributed by atoms with Crippen molar-refractivity contribution >= 4 is 19.7 Å². The van der Waals surface area contributed by atoms with E-state index in [1.54, 1.807) is 6.08 Å². The Bertz CT molecular complexity index is 1410. The first-order chi connectivity index (χ1) is 31.9. The fraction of sp³-hybridized carbons (Fsp3) is 0.714. The highest BCUT2D eigenvalue weighted by Crippen LogP contribution is 2.38. The number of allylic oxidation sites excluding steroid dienone is 13. The summed E-state index contributed by atoms with van der Waals surface area (Å²) in [6.07, 6.45) is 58.6. The van der Waals surface area contributed by atoms with Crippen molar-refractivity contribution in [1.29, 1.82) is 0 Å². The number of carbonyl (C=O) groups excluding carboxylic acids is 2. The summed E-state index contributed by atoms with van der Waals surface area (Å²) in [5.41, 5.74) is 0. The lowest BCUT2D eigenvalue weighted by molar-refractivity contribution is -0.870. The van der Waals surface area contributed by atoms with Crippen LogP contribution in [0.1, 0.15) is 207 Å². The van der Waals surface area contributed by atoms with Crippen LogP contribution in [0, 0.1) is 0 Å². The van der Waals surface area contributed by atoms with Gasteiger partial charge in [0, 0.05) is 12.8 Å². The second-order valence-corrected chi connectivity index (χ2v) is 20.0. The molecule has 0 saturated heterocycles. The molecule has 0 aliphatic heterocycles. The Morgan fingerprint density at radius 1 is 0.545 bits per heavy atom. The van der Waals surface area contributed by atoms with Crippen molar-refractivity contribution in [2.45, 2.75) is 219 Å². The smallest absolute Gasteiger partial charge is 0.306 e. The number of hydrogen-bond donors (Lipinski definition) is 1. The molecule has 10 heteroatoms. The Labute approximate surface area is 406 Å². The minimum atomic E-state index is -4.71. The van der Waals surface area contributed by atoms with Gasteiger partial charge in [0.2, 0.25) is 5.91 Å². The molecule has 0 rings (SSSR count). The van der Waals surface area contributed by atoms with E-state index in [2.05, 4.69) is 86.8 Å². The summed E-state index contributed by atoms with van der Waals surface area (Å²) in [5, 5.41) is 2.95. The van der Waals surface area contributed by atoms with Gasteiger partial charge in [-0.2, -0.15) is 0 Å². The van der Waals surface area contributed by atoms with Gasteiger partial charge in [-0.25, -0.2) is 0 Å². The van der Waals surface area contributed by atoms with E-state index in [-0.39, 0.29) is 31.3 Å². The van der Waals surface area contributed by atoms with Crippen LogP contribution >= 0.6 is 7.82 Å². The van der Waals surface area contributed by atoms with Crippen LogP contribution in [-0.4, -0.2) is 69.4 Å². The number of nitrogens with one attached hydrogen (secondary N) is 1. The van der Waals surface area contributed by atoms with Crippen molar-refractivity contribution in [2.75, 3.05) is 40.9 Å². The van der Waals surface area contributed by atoms with E-state index in [0.29, 0.717) is 23.9 Å². The zero-order chi connectivity index (χ0) is 48.7. The quantitative estimate of drug-likeness (QED) is 0.0212. The number of phosphoric ester groups is 1. The fourth-order valence-corrected chi connectivity index (χ4v) is 7.69. The molecule has 9 nitrogen and oxygen atoms in total. The van der Waals surface area contributed by atoms with E-state index in [9.17, 15) is 19.0 Å². The first-order valence-corrected chi connectivity index (χ1v) is 27.9. The molecule has 0 aromatic carbocycles. The van der Waals surface area contributed by atoms with Crippen molar-refractivity contribution < 1.29 is 37.3 Å². The third-order valence-corrected chi connectivity index (χ3v) is 12.0. The van der Waals surface area contributed by atoms with E-state index in [1.807, 2.05) is 39.4 Å². The molecular formula is C56H99N2O7P. The molecule has 0 heterocycles. The molecule has 3 unspecified atom stereocenters. The van der Waals surface area contributed by atoms with Crippen molar-refractivity contribution in [3.63, 3.8) is 0 Å². The minimum Gasteiger partial charge on any atom is -0.756 e. The van der Waals surface area contributed by atoms with Gasteiger partial charge in [-0.1, -0.05) is 190 Å². The molecule has 1 N–H and O–H groups in total. The zero-order valence-electron chi connectivity index (χ0n) is 43.1. The fourth-order valence-electron chi connectivity index (χ4n) is 6.97. The first-order valence-electron chi connectivity index (χ1n) is 26.4. The van der Waals surface area contributed by atoms with Gasteiger partial charge in [0.05, 0.1) is 33.8 Å². The predicted molar refractivity (Wildman–Crippen MR) is 279 cm³/mol. The Morgan fingerprint density at radius 3 is 1.48 bits per heavy atom. The molecule has 0 radical (unpaired) electrons. The normalized spacial score (nSPS) is 14.6. The highest BCUT2D eigenvalue weighted by atomic mass is 31.2. The van der Waals surface area contributed by atoms with E-state index in [0.717, 1.165) is 77.0 Å². The highest BCUT2D eigenvalue weighted by molar-refractivity contribution is 7.45. The first kappa shape index (κ1) is 63.2. The lowest BCUT2D eigenvalue weighted by Gasteiger charge is -2.30. The van der Waals surface area contributed by atoms with Crippen LogP contribution in [0.25, 0.3) is 0 Å². The van der Waals surface area contributed by atoms with Crippen LogP contribution in [0.4, 0.5) is 0 Å². The average molecular weight is 943 g/mol. The predicted octanol–water partition coefficient (Wildman–Crippen LogP) is 14.9. The molecule has 0 spiro atoms. The number of phosphoric acid groups is 1. The number of hydrogen-bond acceptors (Lipinski definition) is 7. The Balaban J connectivity index is 5.55. The van der Waals surface area contributed by atoms with E-state index in [1.165, 1.54) is 83.5 Å². The van der Waals surface area contributed by atoms with Gasteiger partial charge in [-0.05, 0) is 89.5 Å². The molecule has 0 fully saturated rings. The van der Waals surface area contributed by atoms with E-state index < -0.39 is 26.6 Å². The highest BCUT2D eigenvalue weighted by Gasteiger charge is 2.27. The third-order valence-electron chi connectivity index (χ3n) is 11.1. The van der Waals surface area contributed by atoms with Crippen LogP contribution in [-0.2, 0) is 27.9 Å². The molecule has 0 aliphatic carbocycles. The second-order valence-electron chi connectivity index (χ2n) is 18.6. The summed E-state index contributed by atoms with van der Waals surface area (Å²) >= 11 is 0. The molecule has 3 atom stereocenters. The Hall–Kier alpha value is -2.81.